The third-order valence-corrected chi connectivity index (χ3v) is 4.62. The lowest BCUT2D eigenvalue weighted by Gasteiger charge is -2.17. The van der Waals surface area contributed by atoms with Gasteiger partial charge in [0.05, 0.1) is 0 Å². The molecule has 2 atom stereocenters. The quantitative estimate of drug-likeness (QED) is 0.817. The first-order valence-corrected chi connectivity index (χ1v) is 7.68. The van der Waals surface area contributed by atoms with Gasteiger partial charge in [-0.2, -0.15) is 11.8 Å². The van der Waals surface area contributed by atoms with Crippen LogP contribution in [0, 0.1) is 12.8 Å². The molecule has 86 valence electrons. The van der Waals surface area contributed by atoms with Crippen LogP contribution < -0.4 is 5.32 Å². The summed E-state index contributed by atoms with van der Waals surface area (Å²) < 4.78 is 0. The zero-order valence-electron chi connectivity index (χ0n) is 10.0. The molecule has 2 unspecified atom stereocenters. The largest absolute Gasteiger partial charge is 0.309 e. The molecular formula is C12H21NS2. The SMILES string of the molecule is CSCC(C)CNC(C)c1sccc1C. The Morgan fingerprint density at radius 1 is 1.47 bits per heavy atom. The van der Waals surface area contributed by atoms with Gasteiger partial charge in [0.1, 0.15) is 0 Å². The fraction of sp³-hybridized carbons (Fsp3) is 0.667. The van der Waals surface area contributed by atoms with Crippen molar-refractivity contribution < 1.29 is 0 Å². The zero-order chi connectivity index (χ0) is 11.3. The van der Waals surface area contributed by atoms with Crippen LogP contribution in [0.15, 0.2) is 11.4 Å². The summed E-state index contributed by atoms with van der Waals surface area (Å²) in [7, 11) is 0. The minimum atomic E-state index is 0.495. The summed E-state index contributed by atoms with van der Waals surface area (Å²) in [5, 5.41) is 5.78. The van der Waals surface area contributed by atoms with E-state index in [-0.39, 0.29) is 0 Å². The highest BCUT2D eigenvalue weighted by atomic mass is 32.2. The molecule has 1 N–H and O–H groups in total. The standard InChI is InChI=1S/C12H21NS2/c1-9(8-14-4)7-13-11(3)12-10(2)5-6-15-12/h5-6,9,11,13H,7-8H2,1-4H3. The Morgan fingerprint density at radius 2 is 2.20 bits per heavy atom. The van der Waals surface area contributed by atoms with Crippen molar-refractivity contribution in [3.8, 4) is 0 Å². The van der Waals surface area contributed by atoms with Crippen LogP contribution in [0.1, 0.15) is 30.3 Å². The second-order valence-corrected chi connectivity index (χ2v) is 6.02. The molecule has 0 radical (unpaired) electrons. The molecule has 0 aliphatic heterocycles. The van der Waals surface area contributed by atoms with Crippen molar-refractivity contribution in [2.75, 3.05) is 18.6 Å². The first-order valence-electron chi connectivity index (χ1n) is 5.41. The van der Waals surface area contributed by atoms with Gasteiger partial charge in [-0.15, -0.1) is 11.3 Å². The Bertz CT molecular complexity index is 283. The lowest BCUT2D eigenvalue weighted by atomic mass is 10.1. The second kappa shape index (κ2) is 6.56. The molecule has 1 aromatic heterocycles. The Kier molecular flexibility index (Phi) is 5.72. The van der Waals surface area contributed by atoms with Gasteiger partial charge >= 0.3 is 0 Å². The van der Waals surface area contributed by atoms with E-state index in [1.54, 1.807) is 0 Å². The highest BCUT2D eigenvalue weighted by molar-refractivity contribution is 7.98. The molecule has 1 aromatic rings. The van der Waals surface area contributed by atoms with E-state index in [0.29, 0.717) is 6.04 Å². The molecule has 0 bridgehead atoms. The van der Waals surface area contributed by atoms with Crippen molar-refractivity contribution in [2.45, 2.75) is 26.8 Å². The van der Waals surface area contributed by atoms with Crippen LogP contribution in [0.4, 0.5) is 0 Å². The van der Waals surface area contributed by atoms with Crippen molar-refractivity contribution in [1.82, 2.24) is 5.32 Å². The molecule has 0 aromatic carbocycles. The molecule has 0 amide bonds. The first kappa shape index (κ1) is 13.1. The van der Waals surface area contributed by atoms with Crippen molar-refractivity contribution >= 4 is 23.1 Å². The molecule has 1 rings (SSSR count). The highest BCUT2D eigenvalue weighted by Crippen LogP contribution is 2.23. The van der Waals surface area contributed by atoms with Crippen molar-refractivity contribution in [1.29, 1.82) is 0 Å². The summed E-state index contributed by atoms with van der Waals surface area (Å²) in [6.45, 7) is 7.86. The lowest BCUT2D eigenvalue weighted by Crippen LogP contribution is -2.25. The van der Waals surface area contributed by atoms with E-state index in [0.717, 1.165) is 12.5 Å². The Labute approximate surface area is 102 Å². The number of thioether (sulfide) groups is 1. The van der Waals surface area contributed by atoms with E-state index >= 15 is 0 Å². The number of thiophene rings is 1. The number of hydrogen-bond acceptors (Lipinski definition) is 3. The summed E-state index contributed by atoms with van der Waals surface area (Å²) in [5.74, 6) is 1.99. The smallest absolute Gasteiger partial charge is 0.0388 e. The number of hydrogen-bond donors (Lipinski definition) is 1. The van der Waals surface area contributed by atoms with Crippen molar-refractivity contribution in [3.05, 3.63) is 21.9 Å². The normalized spacial score (nSPS) is 15.2. The minimum absolute atomic E-state index is 0.495. The highest BCUT2D eigenvalue weighted by Gasteiger charge is 2.10. The lowest BCUT2D eigenvalue weighted by molar-refractivity contribution is 0.504. The second-order valence-electron chi connectivity index (χ2n) is 4.16. The van der Waals surface area contributed by atoms with Crippen molar-refractivity contribution in [3.63, 3.8) is 0 Å². The summed E-state index contributed by atoms with van der Waals surface area (Å²) in [4.78, 5) is 1.48. The average molecular weight is 243 g/mol. The summed E-state index contributed by atoms with van der Waals surface area (Å²) in [6, 6.07) is 2.69. The topological polar surface area (TPSA) is 12.0 Å². The summed E-state index contributed by atoms with van der Waals surface area (Å²) in [6.07, 6.45) is 2.17. The van der Waals surface area contributed by atoms with Gasteiger partial charge in [0.25, 0.3) is 0 Å². The van der Waals surface area contributed by atoms with E-state index in [9.17, 15) is 0 Å². The van der Waals surface area contributed by atoms with Crippen molar-refractivity contribution in [2.24, 2.45) is 5.92 Å². The van der Waals surface area contributed by atoms with E-state index in [4.69, 9.17) is 0 Å². The third kappa shape index (κ3) is 4.17. The number of rotatable bonds is 6. The summed E-state index contributed by atoms with van der Waals surface area (Å²) in [5.41, 5.74) is 1.41. The van der Waals surface area contributed by atoms with Gasteiger partial charge in [-0.3, -0.25) is 0 Å². The molecule has 0 fully saturated rings. The van der Waals surface area contributed by atoms with Gasteiger partial charge in [-0.25, -0.2) is 0 Å². The predicted octanol–water partition coefficient (Wildman–Crippen LogP) is 3.71. The van der Waals surface area contributed by atoms with Gasteiger partial charge < -0.3 is 5.32 Å². The van der Waals surface area contributed by atoms with Crippen LogP contribution in [0.25, 0.3) is 0 Å². The molecule has 1 nitrogen and oxygen atoms in total. The monoisotopic (exact) mass is 243 g/mol. The maximum atomic E-state index is 3.61. The minimum Gasteiger partial charge on any atom is -0.309 e. The van der Waals surface area contributed by atoms with E-state index in [1.807, 2.05) is 23.1 Å². The van der Waals surface area contributed by atoms with Crippen LogP contribution in [0.3, 0.4) is 0 Å². The molecule has 3 heteroatoms. The maximum Gasteiger partial charge on any atom is 0.0388 e. The van der Waals surface area contributed by atoms with Crippen LogP contribution in [-0.2, 0) is 0 Å². The van der Waals surface area contributed by atoms with Gasteiger partial charge in [-0.1, -0.05) is 6.92 Å². The average Bonchev–Trinajstić information content (AvgIpc) is 2.61. The molecule has 0 spiro atoms. The van der Waals surface area contributed by atoms with E-state index in [1.165, 1.54) is 16.2 Å². The fourth-order valence-corrected chi connectivity index (χ4v) is 3.29. The van der Waals surface area contributed by atoms with Gasteiger partial charge in [-0.05, 0) is 55.3 Å². The Balaban J connectivity index is 2.36. The van der Waals surface area contributed by atoms with Crippen LogP contribution in [-0.4, -0.2) is 18.6 Å². The Morgan fingerprint density at radius 3 is 2.73 bits per heavy atom. The van der Waals surface area contributed by atoms with Crippen LogP contribution in [0.2, 0.25) is 0 Å². The third-order valence-electron chi connectivity index (χ3n) is 2.52. The number of aryl methyl sites for hydroxylation is 1. The summed E-state index contributed by atoms with van der Waals surface area (Å²) >= 11 is 3.78. The van der Waals surface area contributed by atoms with Gasteiger partial charge in [0, 0.05) is 10.9 Å². The van der Waals surface area contributed by atoms with Gasteiger partial charge in [0.15, 0.2) is 0 Å². The molecule has 15 heavy (non-hydrogen) atoms. The van der Waals surface area contributed by atoms with Crippen LogP contribution in [0.5, 0.6) is 0 Å². The molecule has 0 saturated heterocycles. The molecule has 0 saturated carbocycles. The molecular weight excluding hydrogens is 222 g/mol. The first-order chi connectivity index (χ1) is 7.15. The number of nitrogens with one attached hydrogen (secondary N) is 1. The molecule has 1 heterocycles. The maximum absolute atomic E-state index is 3.61. The van der Waals surface area contributed by atoms with E-state index < -0.39 is 0 Å². The molecule has 0 aliphatic rings. The fourth-order valence-electron chi connectivity index (χ4n) is 1.64. The zero-order valence-corrected chi connectivity index (χ0v) is 11.7. The van der Waals surface area contributed by atoms with E-state index in [2.05, 4.69) is 43.8 Å². The predicted molar refractivity (Wildman–Crippen MR) is 73.0 cm³/mol. The molecule has 0 aliphatic carbocycles. The van der Waals surface area contributed by atoms with Gasteiger partial charge in [0.2, 0.25) is 0 Å². The van der Waals surface area contributed by atoms with Crippen LogP contribution >= 0.6 is 23.1 Å². The Hall–Kier alpha value is 0.0100.